The third-order valence-electron chi connectivity index (χ3n) is 3.54. The topological polar surface area (TPSA) is 64.3 Å². The monoisotopic (exact) mass is 298 g/mol. The minimum absolute atomic E-state index is 0.164. The minimum atomic E-state index is -0.164. The number of hydrogen-bond donors (Lipinski definition) is 2. The van der Waals surface area contributed by atoms with Crippen molar-refractivity contribution in [2.75, 3.05) is 12.8 Å². The zero-order chi connectivity index (χ0) is 16.1. The summed E-state index contributed by atoms with van der Waals surface area (Å²) in [6.45, 7) is 4.78. The minimum Gasteiger partial charge on any atom is -0.487 e. The highest BCUT2D eigenvalue weighted by molar-refractivity contribution is 5.95. The standard InChI is InChI=1S/C18H22N2O2/c1-12(2)14-6-4-13(5-7-14)11-22-17-9-8-15(10-16(17)19)18(21)20-3/h4-10,12H,11,19H2,1-3H3,(H,20,21). The fourth-order valence-corrected chi connectivity index (χ4v) is 2.13. The first-order valence-electron chi connectivity index (χ1n) is 7.34. The van der Waals surface area contributed by atoms with E-state index < -0.39 is 0 Å². The summed E-state index contributed by atoms with van der Waals surface area (Å²) in [5.74, 6) is 0.936. The van der Waals surface area contributed by atoms with Crippen LogP contribution in [0.4, 0.5) is 5.69 Å². The first-order chi connectivity index (χ1) is 10.5. The van der Waals surface area contributed by atoms with Gasteiger partial charge in [0, 0.05) is 12.6 Å². The number of ether oxygens (including phenoxy) is 1. The van der Waals surface area contributed by atoms with Gasteiger partial charge >= 0.3 is 0 Å². The Bertz CT molecular complexity index is 649. The number of carbonyl (C=O) groups is 1. The molecule has 0 aliphatic rings. The third kappa shape index (κ3) is 3.79. The van der Waals surface area contributed by atoms with Gasteiger partial charge in [0.25, 0.3) is 5.91 Å². The molecule has 0 saturated carbocycles. The summed E-state index contributed by atoms with van der Waals surface area (Å²) in [5, 5.41) is 2.56. The van der Waals surface area contributed by atoms with Crippen LogP contribution < -0.4 is 15.8 Å². The van der Waals surface area contributed by atoms with Gasteiger partial charge in [0.2, 0.25) is 0 Å². The Morgan fingerprint density at radius 3 is 2.41 bits per heavy atom. The molecule has 0 atom stereocenters. The molecular weight excluding hydrogens is 276 g/mol. The molecule has 0 saturated heterocycles. The maximum absolute atomic E-state index is 11.5. The van der Waals surface area contributed by atoms with Crippen LogP contribution in [-0.2, 0) is 6.61 Å². The van der Waals surface area contributed by atoms with Crippen LogP contribution >= 0.6 is 0 Å². The molecule has 4 nitrogen and oxygen atoms in total. The first kappa shape index (κ1) is 15.9. The average Bonchev–Trinajstić information content (AvgIpc) is 2.53. The molecule has 4 heteroatoms. The Hall–Kier alpha value is -2.49. The number of amides is 1. The fraction of sp³-hybridized carbons (Fsp3) is 0.278. The van der Waals surface area contributed by atoms with Crippen LogP contribution in [0, 0.1) is 0 Å². The van der Waals surface area contributed by atoms with E-state index in [-0.39, 0.29) is 5.91 Å². The van der Waals surface area contributed by atoms with Crippen LogP contribution in [0.1, 0.15) is 41.3 Å². The van der Waals surface area contributed by atoms with Crippen LogP contribution in [0.3, 0.4) is 0 Å². The molecule has 22 heavy (non-hydrogen) atoms. The summed E-state index contributed by atoms with van der Waals surface area (Å²) < 4.78 is 5.73. The highest BCUT2D eigenvalue weighted by Gasteiger charge is 2.07. The van der Waals surface area contributed by atoms with E-state index in [1.807, 2.05) is 0 Å². The number of nitrogen functional groups attached to an aromatic ring is 1. The Labute approximate surface area is 131 Å². The smallest absolute Gasteiger partial charge is 0.251 e. The largest absolute Gasteiger partial charge is 0.487 e. The van der Waals surface area contributed by atoms with E-state index in [0.717, 1.165) is 5.56 Å². The number of hydrogen-bond acceptors (Lipinski definition) is 3. The molecule has 0 radical (unpaired) electrons. The molecule has 2 rings (SSSR count). The van der Waals surface area contributed by atoms with Crippen molar-refractivity contribution in [3.8, 4) is 5.75 Å². The van der Waals surface area contributed by atoms with Crippen molar-refractivity contribution in [2.24, 2.45) is 0 Å². The van der Waals surface area contributed by atoms with Gasteiger partial charge in [0.15, 0.2) is 0 Å². The number of carbonyl (C=O) groups excluding carboxylic acids is 1. The van der Waals surface area contributed by atoms with Crippen LogP contribution in [0.5, 0.6) is 5.75 Å². The highest BCUT2D eigenvalue weighted by Crippen LogP contribution is 2.24. The average molecular weight is 298 g/mol. The van der Waals surface area contributed by atoms with Crippen molar-refractivity contribution in [3.63, 3.8) is 0 Å². The summed E-state index contributed by atoms with van der Waals surface area (Å²) >= 11 is 0. The van der Waals surface area contributed by atoms with E-state index in [0.29, 0.717) is 29.5 Å². The van der Waals surface area contributed by atoms with Crippen molar-refractivity contribution in [1.82, 2.24) is 5.32 Å². The van der Waals surface area contributed by atoms with Crippen LogP contribution in [0.25, 0.3) is 0 Å². The first-order valence-corrected chi connectivity index (χ1v) is 7.34. The zero-order valence-electron chi connectivity index (χ0n) is 13.2. The summed E-state index contributed by atoms with van der Waals surface area (Å²) in [4.78, 5) is 11.5. The zero-order valence-corrected chi connectivity index (χ0v) is 13.2. The Kier molecular flexibility index (Phi) is 5.04. The third-order valence-corrected chi connectivity index (χ3v) is 3.54. The number of anilines is 1. The molecule has 3 N–H and O–H groups in total. The van der Waals surface area contributed by atoms with E-state index in [1.165, 1.54) is 5.56 Å². The molecule has 0 bridgehead atoms. The second-order valence-electron chi connectivity index (χ2n) is 5.52. The predicted octanol–water partition coefficient (Wildman–Crippen LogP) is 3.33. The SMILES string of the molecule is CNC(=O)c1ccc(OCc2ccc(C(C)C)cc2)c(N)c1. The number of rotatable bonds is 5. The van der Waals surface area contributed by atoms with Gasteiger partial charge < -0.3 is 15.8 Å². The highest BCUT2D eigenvalue weighted by atomic mass is 16.5. The Morgan fingerprint density at radius 1 is 1.18 bits per heavy atom. The van der Waals surface area contributed by atoms with Crippen molar-refractivity contribution in [1.29, 1.82) is 0 Å². The second-order valence-corrected chi connectivity index (χ2v) is 5.52. The van der Waals surface area contributed by atoms with Crippen LogP contribution in [0.2, 0.25) is 0 Å². The van der Waals surface area contributed by atoms with Crippen molar-refractivity contribution in [3.05, 3.63) is 59.2 Å². The van der Waals surface area contributed by atoms with E-state index >= 15 is 0 Å². The Morgan fingerprint density at radius 2 is 1.86 bits per heavy atom. The summed E-state index contributed by atoms with van der Waals surface area (Å²) in [5.41, 5.74) is 9.30. The normalized spacial score (nSPS) is 10.5. The molecule has 0 heterocycles. The van der Waals surface area contributed by atoms with Gasteiger partial charge in [-0.05, 0) is 35.2 Å². The summed E-state index contributed by atoms with van der Waals surface area (Å²) in [7, 11) is 1.59. The molecule has 0 spiro atoms. The molecule has 1 amide bonds. The molecule has 0 aliphatic carbocycles. The van der Waals surface area contributed by atoms with Gasteiger partial charge in [-0.25, -0.2) is 0 Å². The lowest BCUT2D eigenvalue weighted by molar-refractivity contribution is 0.0963. The molecule has 0 aliphatic heterocycles. The fourth-order valence-electron chi connectivity index (χ4n) is 2.13. The lowest BCUT2D eigenvalue weighted by Gasteiger charge is -2.11. The van der Waals surface area contributed by atoms with Gasteiger partial charge in [-0.3, -0.25) is 4.79 Å². The van der Waals surface area contributed by atoms with Gasteiger partial charge in [0.05, 0.1) is 5.69 Å². The molecule has 0 unspecified atom stereocenters. The quantitative estimate of drug-likeness (QED) is 0.832. The van der Waals surface area contributed by atoms with Gasteiger partial charge in [-0.1, -0.05) is 38.1 Å². The van der Waals surface area contributed by atoms with E-state index in [4.69, 9.17) is 10.5 Å². The lowest BCUT2D eigenvalue weighted by Crippen LogP contribution is -2.17. The molecule has 0 aromatic heterocycles. The summed E-state index contributed by atoms with van der Waals surface area (Å²) in [6.07, 6.45) is 0. The van der Waals surface area contributed by atoms with Crippen LogP contribution in [0.15, 0.2) is 42.5 Å². The number of benzene rings is 2. The van der Waals surface area contributed by atoms with E-state index in [1.54, 1.807) is 25.2 Å². The van der Waals surface area contributed by atoms with Crippen molar-refractivity contribution in [2.45, 2.75) is 26.4 Å². The van der Waals surface area contributed by atoms with Gasteiger partial charge in [-0.15, -0.1) is 0 Å². The summed E-state index contributed by atoms with van der Waals surface area (Å²) in [6, 6.07) is 13.4. The van der Waals surface area contributed by atoms with Crippen molar-refractivity contribution < 1.29 is 9.53 Å². The van der Waals surface area contributed by atoms with Gasteiger partial charge in [0.1, 0.15) is 12.4 Å². The molecule has 0 fully saturated rings. The maximum atomic E-state index is 11.5. The van der Waals surface area contributed by atoms with Gasteiger partial charge in [-0.2, -0.15) is 0 Å². The molecule has 2 aromatic carbocycles. The van der Waals surface area contributed by atoms with Crippen LogP contribution in [-0.4, -0.2) is 13.0 Å². The van der Waals surface area contributed by atoms with Crippen molar-refractivity contribution >= 4 is 11.6 Å². The maximum Gasteiger partial charge on any atom is 0.251 e. The lowest BCUT2D eigenvalue weighted by atomic mass is 10.0. The Balaban J connectivity index is 2.03. The number of nitrogens with one attached hydrogen (secondary N) is 1. The number of nitrogens with two attached hydrogens (primary N) is 1. The van der Waals surface area contributed by atoms with E-state index in [2.05, 4.69) is 43.4 Å². The van der Waals surface area contributed by atoms with E-state index in [9.17, 15) is 4.79 Å². The molecular formula is C18H22N2O2. The predicted molar refractivity (Wildman–Crippen MR) is 89.1 cm³/mol. The second kappa shape index (κ2) is 6.98. The molecule has 116 valence electrons. The molecule has 2 aromatic rings.